The van der Waals surface area contributed by atoms with Crippen molar-refractivity contribution in [1.29, 1.82) is 0 Å². The normalized spacial score (nSPS) is 10.7. The second-order valence-corrected chi connectivity index (χ2v) is 4.69. The lowest BCUT2D eigenvalue weighted by Crippen LogP contribution is -2.27. The third-order valence-electron chi connectivity index (χ3n) is 2.40. The molecule has 0 spiro atoms. The van der Waals surface area contributed by atoms with E-state index in [1.165, 1.54) is 12.1 Å². The van der Waals surface area contributed by atoms with E-state index in [0.29, 0.717) is 36.8 Å². The fraction of sp³-hybridized carbons (Fsp3) is 0.500. The number of benzene rings is 1. The van der Waals surface area contributed by atoms with E-state index in [-0.39, 0.29) is 11.7 Å². The van der Waals surface area contributed by atoms with Crippen molar-refractivity contribution < 1.29 is 13.9 Å². The van der Waals surface area contributed by atoms with Gasteiger partial charge in [0.25, 0.3) is 5.91 Å². The molecule has 0 aliphatic heterocycles. The summed E-state index contributed by atoms with van der Waals surface area (Å²) in [4.78, 5) is 11.7. The summed E-state index contributed by atoms with van der Waals surface area (Å²) in [7, 11) is 0. The monoisotopic (exact) mass is 253 g/mol. The van der Waals surface area contributed by atoms with Crippen LogP contribution in [0.15, 0.2) is 18.2 Å². The van der Waals surface area contributed by atoms with Crippen LogP contribution in [0.5, 0.6) is 0 Å². The van der Waals surface area contributed by atoms with Gasteiger partial charge in [-0.2, -0.15) is 0 Å². The third-order valence-corrected chi connectivity index (χ3v) is 2.40. The zero-order valence-electron chi connectivity index (χ0n) is 11.1. The average molecular weight is 253 g/mol. The van der Waals surface area contributed by atoms with Crippen LogP contribution in [0.1, 0.15) is 29.8 Å². The molecule has 3 nitrogen and oxygen atoms in total. The van der Waals surface area contributed by atoms with Gasteiger partial charge in [-0.3, -0.25) is 4.79 Å². The summed E-state index contributed by atoms with van der Waals surface area (Å²) in [5.41, 5.74) is 0.941. The molecular formula is C14H20FNO2. The van der Waals surface area contributed by atoms with E-state index in [0.717, 1.165) is 0 Å². The lowest BCUT2D eigenvalue weighted by Gasteiger charge is -2.08. The van der Waals surface area contributed by atoms with Crippen LogP contribution < -0.4 is 5.32 Å². The van der Waals surface area contributed by atoms with Crippen molar-refractivity contribution in [2.24, 2.45) is 5.92 Å². The smallest absolute Gasteiger partial charge is 0.251 e. The molecule has 0 fully saturated rings. The van der Waals surface area contributed by atoms with Crippen LogP contribution in [-0.2, 0) is 4.74 Å². The molecule has 1 aromatic carbocycles. The average Bonchev–Trinajstić information content (AvgIpc) is 2.31. The summed E-state index contributed by atoms with van der Waals surface area (Å²) in [6, 6.07) is 4.33. The van der Waals surface area contributed by atoms with Gasteiger partial charge in [-0.05, 0) is 36.6 Å². The maximum Gasteiger partial charge on any atom is 0.251 e. The minimum atomic E-state index is -0.299. The zero-order valence-corrected chi connectivity index (χ0v) is 11.1. The van der Waals surface area contributed by atoms with Crippen LogP contribution in [0.25, 0.3) is 0 Å². The maximum absolute atomic E-state index is 13.0. The first-order valence-electron chi connectivity index (χ1n) is 6.12. The van der Waals surface area contributed by atoms with Crippen LogP contribution in [-0.4, -0.2) is 25.7 Å². The molecule has 18 heavy (non-hydrogen) atoms. The maximum atomic E-state index is 13.0. The third kappa shape index (κ3) is 4.84. The molecule has 0 saturated heterocycles. The van der Waals surface area contributed by atoms with E-state index in [9.17, 15) is 9.18 Å². The standard InChI is InChI=1S/C14H20FNO2/c1-10(2)9-18-7-6-16-14(17)12-4-5-13(15)11(3)8-12/h4-5,8,10H,6-7,9H2,1-3H3,(H,16,17). The Morgan fingerprint density at radius 1 is 1.44 bits per heavy atom. The molecule has 1 amide bonds. The molecule has 1 aromatic rings. The Morgan fingerprint density at radius 2 is 2.17 bits per heavy atom. The number of aryl methyl sites for hydroxylation is 1. The van der Waals surface area contributed by atoms with Gasteiger partial charge in [0.1, 0.15) is 5.82 Å². The molecule has 1 rings (SSSR count). The number of amides is 1. The molecule has 0 aliphatic carbocycles. The molecule has 0 bridgehead atoms. The topological polar surface area (TPSA) is 38.3 Å². The first-order chi connectivity index (χ1) is 8.50. The molecule has 0 atom stereocenters. The zero-order chi connectivity index (χ0) is 13.5. The molecule has 0 saturated carbocycles. The predicted molar refractivity (Wildman–Crippen MR) is 69.1 cm³/mol. The van der Waals surface area contributed by atoms with Crippen LogP contribution in [0.3, 0.4) is 0 Å². The van der Waals surface area contributed by atoms with Crippen molar-refractivity contribution in [3.8, 4) is 0 Å². The Kier molecular flexibility index (Phi) is 5.78. The first kappa shape index (κ1) is 14.6. The summed E-state index contributed by atoms with van der Waals surface area (Å²) in [6.45, 7) is 7.41. The summed E-state index contributed by atoms with van der Waals surface area (Å²) in [6.07, 6.45) is 0. The van der Waals surface area contributed by atoms with E-state index < -0.39 is 0 Å². The number of ether oxygens (including phenoxy) is 1. The van der Waals surface area contributed by atoms with Crippen molar-refractivity contribution in [3.05, 3.63) is 35.1 Å². The van der Waals surface area contributed by atoms with E-state index in [1.54, 1.807) is 13.0 Å². The van der Waals surface area contributed by atoms with Gasteiger partial charge in [-0.1, -0.05) is 13.8 Å². The van der Waals surface area contributed by atoms with Crippen LogP contribution in [0.2, 0.25) is 0 Å². The quantitative estimate of drug-likeness (QED) is 0.791. The van der Waals surface area contributed by atoms with Crippen molar-refractivity contribution in [1.82, 2.24) is 5.32 Å². The predicted octanol–water partition coefficient (Wildman–Crippen LogP) is 2.54. The van der Waals surface area contributed by atoms with Gasteiger partial charge in [-0.25, -0.2) is 4.39 Å². The lowest BCUT2D eigenvalue weighted by molar-refractivity contribution is 0.0886. The van der Waals surface area contributed by atoms with Gasteiger partial charge >= 0.3 is 0 Å². The number of hydrogen-bond acceptors (Lipinski definition) is 2. The van der Waals surface area contributed by atoms with Gasteiger partial charge in [0.15, 0.2) is 0 Å². The Bertz CT molecular complexity index is 405. The first-order valence-corrected chi connectivity index (χ1v) is 6.12. The van der Waals surface area contributed by atoms with Gasteiger partial charge in [0.2, 0.25) is 0 Å². The molecule has 0 aromatic heterocycles. The van der Waals surface area contributed by atoms with E-state index in [2.05, 4.69) is 19.2 Å². The van der Waals surface area contributed by atoms with E-state index in [4.69, 9.17) is 4.74 Å². The SMILES string of the molecule is Cc1cc(C(=O)NCCOCC(C)C)ccc1F. The number of carbonyl (C=O) groups is 1. The van der Waals surface area contributed by atoms with Crippen LogP contribution in [0.4, 0.5) is 4.39 Å². The fourth-order valence-corrected chi connectivity index (χ4v) is 1.44. The summed E-state index contributed by atoms with van der Waals surface area (Å²) in [5, 5.41) is 2.73. The molecular weight excluding hydrogens is 233 g/mol. The number of nitrogens with one attached hydrogen (secondary N) is 1. The Hall–Kier alpha value is -1.42. The number of rotatable bonds is 6. The Labute approximate surface area is 107 Å². The molecule has 100 valence electrons. The summed E-state index contributed by atoms with van der Waals surface area (Å²) >= 11 is 0. The van der Waals surface area contributed by atoms with Crippen LogP contribution in [0, 0.1) is 18.7 Å². The molecule has 0 aliphatic rings. The van der Waals surface area contributed by atoms with Gasteiger partial charge in [0.05, 0.1) is 6.61 Å². The minimum absolute atomic E-state index is 0.203. The molecule has 0 radical (unpaired) electrons. The minimum Gasteiger partial charge on any atom is -0.379 e. The second kappa shape index (κ2) is 7.11. The van der Waals surface area contributed by atoms with E-state index >= 15 is 0 Å². The van der Waals surface area contributed by atoms with Gasteiger partial charge in [-0.15, -0.1) is 0 Å². The van der Waals surface area contributed by atoms with Gasteiger partial charge in [0, 0.05) is 18.7 Å². The molecule has 0 unspecified atom stereocenters. The number of carbonyl (C=O) groups excluding carboxylic acids is 1. The Balaban J connectivity index is 2.34. The number of halogens is 1. The van der Waals surface area contributed by atoms with Crippen molar-refractivity contribution in [2.75, 3.05) is 19.8 Å². The number of hydrogen-bond donors (Lipinski definition) is 1. The molecule has 0 heterocycles. The second-order valence-electron chi connectivity index (χ2n) is 4.69. The van der Waals surface area contributed by atoms with Crippen LogP contribution >= 0.6 is 0 Å². The Morgan fingerprint density at radius 3 is 2.78 bits per heavy atom. The summed E-state index contributed by atoms with van der Waals surface area (Å²) in [5.74, 6) is -0.0153. The highest BCUT2D eigenvalue weighted by Gasteiger charge is 2.06. The highest BCUT2D eigenvalue weighted by atomic mass is 19.1. The highest BCUT2D eigenvalue weighted by Crippen LogP contribution is 2.08. The van der Waals surface area contributed by atoms with Crippen molar-refractivity contribution >= 4 is 5.91 Å². The molecule has 1 N–H and O–H groups in total. The van der Waals surface area contributed by atoms with Crippen molar-refractivity contribution in [3.63, 3.8) is 0 Å². The highest BCUT2D eigenvalue weighted by molar-refractivity contribution is 5.94. The fourth-order valence-electron chi connectivity index (χ4n) is 1.44. The van der Waals surface area contributed by atoms with Crippen molar-refractivity contribution in [2.45, 2.75) is 20.8 Å². The van der Waals surface area contributed by atoms with Gasteiger partial charge < -0.3 is 10.1 Å². The molecule has 4 heteroatoms. The summed E-state index contributed by atoms with van der Waals surface area (Å²) < 4.78 is 18.4. The van der Waals surface area contributed by atoms with E-state index in [1.807, 2.05) is 0 Å². The largest absolute Gasteiger partial charge is 0.379 e. The lowest BCUT2D eigenvalue weighted by atomic mass is 10.1.